The number of ether oxygens (including phenoxy) is 2. The fraction of sp³-hybridized carbons (Fsp3) is 0.158. The summed E-state index contributed by atoms with van der Waals surface area (Å²) in [5.41, 5.74) is 1.50. The standard InChI is InChI=1S/C19H18N2O4S/c1-3-25-14-7-5-13(6-8-14)20-18-17(26-19(23)21-18)11-12-4-9-15(22)16(10-12)24-2/h4-11,22H,3H2,1-2H3,(H,20,21,23). The summed E-state index contributed by atoms with van der Waals surface area (Å²) in [6, 6.07) is 12.3. The van der Waals surface area contributed by atoms with Crippen LogP contribution >= 0.6 is 11.8 Å². The maximum Gasteiger partial charge on any atom is 0.289 e. The molecule has 1 aliphatic heterocycles. The third-order valence-corrected chi connectivity index (χ3v) is 4.37. The maximum atomic E-state index is 11.8. The topological polar surface area (TPSA) is 80.2 Å². The van der Waals surface area contributed by atoms with Gasteiger partial charge in [0.1, 0.15) is 11.6 Å². The van der Waals surface area contributed by atoms with Crippen molar-refractivity contribution in [3.05, 3.63) is 52.9 Å². The van der Waals surface area contributed by atoms with Crippen LogP contribution in [0.15, 0.2) is 52.4 Å². The first-order chi connectivity index (χ1) is 12.6. The van der Waals surface area contributed by atoms with Crippen molar-refractivity contribution < 1.29 is 19.4 Å². The second kappa shape index (κ2) is 7.97. The van der Waals surface area contributed by atoms with Gasteiger partial charge in [0.05, 0.1) is 24.3 Å². The Morgan fingerprint density at radius 3 is 2.69 bits per heavy atom. The van der Waals surface area contributed by atoms with Crippen LogP contribution < -0.4 is 14.8 Å². The molecule has 1 amide bonds. The number of phenolic OH excluding ortho intramolecular Hbond substituents is 1. The number of aromatic hydroxyl groups is 1. The summed E-state index contributed by atoms with van der Waals surface area (Å²) < 4.78 is 10.5. The molecule has 0 aromatic heterocycles. The zero-order valence-electron chi connectivity index (χ0n) is 14.4. The molecule has 0 aliphatic carbocycles. The van der Waals surface area contributed by atoms with Crippen molar-refractivity contribution in [2.45, 2.75) is 6.92 Å². The first-order valence-corrected chi connectivity index (χ1v) is 8.80. The first kappa shape index (κ1) is 17.9. The van der Waals surface area contributed by atoms with Crippen LogP contribution in [-0.4, -0.2) is 29.9 Å². The van der Waals surface area contributed by atoms with E-state index in [4.69, 9.17) is 9.47 Å². The Morgan fingerprint density at radius 1 is 1.23 bits per heavy atom. The SMILES string of the molecule is CCOc1ccc(N=C2NC(=O)SC2=Cc2ccc(O)c(OC)c2)cc1. The van der Waals surface area contributed by atoms with Crippen molar-refractivity contribution in [2.75, 3.05) is 13.7 Å². The van der Waals surface area contributed by atoms with Gasteiger partial charge < -0.3 is 19.9 Å². The number of hydrogen-bond acceptors (Lipinski definition) is 6. The molecule has 0 saturated carbocycles. The van der Waals surface area contributed by atoms with Crippen molar-refractivity contribution in [3.8, 4) is 17.2 Å². The fourth-order valence-electron chi connectivity index (χ4n) is 2.36. The summed E-state index contributed by atoms with van der Waals surface area (Å²) >= 11 is 1.07. The molecule has 0 unspecified atom stereocenters. The molecule has 2 aromatic carbocycles. The molecule has 0 spiro atoms. The highest BCUT2D eigenvalue weighted by molar-refractivity contribution is 8.18. The maximum absolute atomic E-state index is 11.8. The molecule has 1 aliphatic rings. The van der Waals surface area contributed by atoms with Crippen LogP contribution in [0.5, 0.6) is 17.2 Å². The number of methoxy groups -OCH3 is 1. The van der Waals surface area contributed by atoms with E-state index >= 15 is 0 Å². The van der Waals surface area contributed by atoms with E-state index in [1.807, 2.05) is 37.3 Å². The Kier molecular flexibility index (Phi) is 5.48. The Balaban J connectivity index is 1.89. The van der Waals surface area contributed by atoms with E-state index < -0.39 is 0 Å². The van der Waals surface area contributed by atoms with E-state index in [0.717, 1.165) is 23.1 Å². The quantitative estimate of drug-likeness (QED) is 0.819. The molecular formula is C19H18N2O4S. The lowest BCUT2D eigenvalue weighted by Crippen LogP contribution is -2.18. The lowest BCUT2D eigenvalue weighted by molar-refractivity contribution is 0.265. The number of aliphatic imine (C=N–C) groups is 1. The molecule has 1 heterocycles. The van der Waals surface area contributed by atoms with Crippen molar-refractivity contribution in [1.29, 1.82) is 0 Å². The highest BCUT2D eigenvalue weighted by atomic mass is 32.2. The molecular weight excluding hydrogens is 352 g/mol. The van der Waals surface area contributed by atoms with Crippen LogP contribution in [-0.2, 0) is 0 Å². The molecule has 0 atom stereocenters. The summed E-state index contributed by atoms with van der Waals surface area (Å²) in [4.78, 5) is 17.0. The van der Waals surface area contributed by atoms with E-state index in [-0.39, 0.29) is 11.0 Å². The summed E-state index contributed by atoms with van der Waals surface area (Å²) in [6.45, 7) is 2.53. The van der Waals surface area contributed by atoms with Crippen LogP contribution in [0.25, 0.3) is 6.08 Å². The van der Waals surface area contributed by atoms with Gasteiger partial charge in [0, 0.05) is 0 Å². The number of amides is 1. The predicted molar refractivity (Wildman–Crippen MR) is 103 cm³/mol. The highest BCUT2D eigenvalue weighted by Crippen LogP contribution is 2.32. The van der Waals surface area contributed by atoms with Gasteiger partial charge in [0.25, 0.3) is 5.24 Å². The molecule has 6 nitrogen and oxygen atoms in total. The summed E-state index contributed by atoms with van der Waals surface area (Å²) in [5, 5.41) is 12.3. The minimum atomic E-state index is -0.188. The van der Waals surface area contributed by atoms with Gasteiger partial charge in [-0.05, 0) is 66.7 Å². The highest BCUT2D eigenvalue weighted by Gasteiger charge is 2.23. The number of hydrogen-bond donors (Lipinski definition) is 2. The van der Waals surface area contributed by atoms with Crippen molar-refractivity contribution >= 4 is 34.6 Å². The van der Waals surface area contributed by atoms with Crippen LogP contribution in [0.1, 0.15) is 12.5 Å². The van der Waals surface area contributed by atoms with E-state index in [1.165, 1.54) is 7.11 Å². The predicted octanol–water partition coefficient (Wildman–Crippen LogP) is 4.33. The van der Waals surface area contributed by atoms with Gasteiger partial charge in [0.2, 0.25) is 0 Å². The van der Waals surface area contributed by atoms with Crippen LogP contribution in [0.3, 0.4) is 0 Å². The fourth-order valence-corrected chi connectivity index (χ4v) is 3.10. The second-order valence-electron chi connectivity index (χ2n) is 5.34. The van der Waals surface area contributed by atoms with Gasteiger partial charge in [-0.1, -0.05) is 6.07 Å². The molecule has 0 bridgehead atoms. The van der Waals surface area contributed by atoms with Gasteiger partial charge in [-0.15, -0.1) is 0 Å². The molecule has 26 heavy (non-hydrogen) atoms. The average Bonchev–Trinajstić information content (AvgIpc) is 2.97. The number of carbonyl (C=O) groups is 1. The Hall–Kier alpha value is -2.93. The van der Waals surface area contributed by atoms with Crippen molar-refractivity contribution in [3.63, 3.8) is 0 Å². The largest absolute Gasteiger partial charge is 0.504 e. The molecule has 3 rings (SSSR count). The molecule has 7 heteroatoms. The third-order valence-electron chi connectivity index (χ3n) is 3.55. The zero-order chi connectivity index (χ0) is 18.5. The number of nitrogens with one attached hydrogen (secondary N) is 1. The Bertz CT molecular complexity index is 876. The van der Waals surface area contributed by atoms with E-state index in [9.17, 15) is 9.90 Å². The number of amidine groups is 1. The zero-order valence-corrected chi connectivity index (χ0v) is 15.2. The van der Waals surface area contributed by atoms with Crippen molar-refractivity contribution in [1.82, 2.24) is 5.32 Å². The minimum absolute atomic E-state index is 0.0613. The monoisotopic (exact) mass is 370 g/mol. The molecule has 2 N–H and O–H groups in total. The number of nitrogens with zero attached hydrogens (tertiary/aromatic N) is 1. The van der Waals surface area contributed by atoms with Gasteiger partial charge in [-0.2, -0.15) is 0 Å². The molecule has 0 radical (unpaired) electrons. The van der Waals surface area contributed by atoms with E-state index in [0.29, 0.717) is 28.8 Å². The summed E-state index contributed by atoms with van der Waals surface area (Å²) in [6.07, 6.45) is 1.82. The third kappa shape index (κ3) is 4.18. The molecule has 1 fully saturated rings. The number of thioether (sulfide) groups is 1. The van der Waals surface area contributed by atoms with Crippen LogP contribution in [0.2, 0.25) is 0 Å². The smallest absolute Gasteiger partial charge is 0.289 e. The van der Waals surface area contributed by atoms with Gasteiger partial charge in [0.15, 0.2) is 11.5 Å². The molecule has 1 saturated heterocycles. The first-order valence-electron chi connectivity index (χ1n) is 7.98. The van der Waals surface area contributed by atoms with Gasteiger partial charge in [-0.25, -0.2) is 4.99 Å². The number of benzene rings is 2. The average molecular weight is 370 g/mol. The van der Waals surface area contributed by atoms with Crippen LogP contribution in [0, 0.1) is 0 Å². The van der Waals surface area contributed by atoms with Crippen LogP contribution in [0.4, 0.5) is 10.5 Å². The van der Waals surface area contributed by atoms with E-state index in [2.05, 4.69) is 10.3 Å². The number of carbonyl (C=O) groups excluding carboxylic acids is 1. The Labute approximate surface area is 155 Å². The number of rotatable bonds is 5. The van der Waals surface area contributed by atoms with Gasteiger partial charge >= 0.3 is 0 Å². The number of phenols is 1. The summed E-state index contributed by atoms with van der Waals surface area (Å²) in [5.74, 6) is 1.68. The Morgan fingerprint density at radius 2 is 2.00 bits per heavy atom. The van der Waals surface area contributed by atoms with Crippen molar-refractivity contribution in [2.24, 2.45) is 4.99 Å². The van der Waals surface area contributed by atoms with Gasteiger partial charge in [-0.3, -0.25) is 4.79 Å². The normalized spacial score (nSPS) is 16.8. The lowest BCUT2D eigenvalue weighted by Gasteiger charge is -2.05. The lowest BCUT2D eigenvalue weighted by atomic mass is 10.2. The second-order valence-corrected chi connectivity index (χ2v) is 6.36. The van der Waals surface area contributed by atoms with E-state index in [1.54, 1.807) is 18.2 Å². The molecule has 134 valence electrons. The summed E-state index contributed by atoms with van der Waals surface area (Å²) in [7, 11) is 1.49. The minimum Gasteiger partial charge on any atom is -0.504 e. The molecule has 2 aromatic rings.